The maximum Gasteiger partial charge on any atom is 0.252 e. The van der Waals surface area contributed by atoms with E-state index in [1.54, 1.807) is 25.3 Å². The highest BCUT2D eigenvalue weighted by molar-refractivity contribution is 9.10. The highest BCUT2D eigenvalue weighted by atomic mass is 79.9. The number of amides is 1. The van der Waals surface area contributed by atoms with Crippen LogP contribution in [0, 0.1) is 0 Å². The van der Waals surface area contributed by atoms with E-state index >= 15 is 0 Å². The Morgan fingerprint density at radius 2 is 2.18 bits per heavy atom. The fraction of sp³-hybridized carbons (Fsp3) is 0.417. The molecule has 0 spiro atoms. The third-order valence-corrected chi connectivity index (χ3v) is 3.72. The van der Waals surface area contributed by atoms with Gasteiger partial charge in [-0.2, -0.15) is 0 Å². The maximum absolute atomic E-state index is 11.9. The summed E-state index contributed by atoms with van der Waals surface area (Å²) < 4.78 is 5.93. The Bertz CT molecular complexity index is 421. The average Bonchev–Trinajstić information content (AvgIpc) is 2.30. The van der Waals surface area contributed by atoms with Gasteiger partial charge in [0, 0.05) is 18.1 Å². The van der Waals surface area contributed by atoms with Crippen molar-refractivity contribution in [3.8, 4) is 0 Å². The lowest BCUT2D eigenvalue weighted by molar-refractivity contribution is 0.0229. The molecular formula is C12H15BrClNO2. The molecule has 0 aromatic heterocycles. The predicted molar refractivity (Wildman–Crippen MR) is 72.6 cm³/mol. The molecule has 3 nitrogen and oxygen atoms in total. The average molecular weight is 321 g/mol. The number of rotatable bonds is 4. The van der Waals surface area contributed by atoms with Gasteiger partial charge in [-0.1, -0.05) is 17.7 Å². The Morgan fingerprint density at radius 3 is 2.76 bits per heavy atom. The molecule has 1 aromatic rings. The molecule has 0 aliphatic heterocycles. The summed E-state index contributed by atoms with van der Waals surface area (Å²) in [6.45, 7) is 4.22. The predicted octanol–water partition coefficient (Wildman–Crippen LogP) is 3.26. The van der Waals surface area contributed by atoms with Crippen LogP contribution < -0.4 is 5.32 Å². The monoisotopic (exact) mass is 319 g/mol. The van der Waals surface area contributed by atoms with Crippen LogP contribution in [0.5, 0.6) is 0 Å². The normalized spacial score (nSPS) is 11.4. The van der Waals surface area contributed by atoms with E-state index in [4.69, 9.17) is 16.3 Å². The van der Waals surface area contributed by atoms with Crippen molar-refractivity contribution in [3.05, 3.63) is 33.3 Å². The minimum absolute atomic E-state index is 0.207. The standard InChI is InChI=1S/C12H15BrClNO2/c1-12(2,17-3)7-15-11(16)8-5-4-6-9(13)10(8)14/h4-6H,7H2,1-3H3,(H,15,16). The first-order chi connectivity index (χ1) is 7.87. The molecule has 0 fully saturated rings. The summed E-state index contributed by atoms with van der Waals surface area (Å²) in [4.78, 5) is 11.9. The van der Waals surface area contributed by atoms with Crippen LogP contribution in [-0.4, -0.2) is 25.2 Å². The summed E-state index contributed by atoms with van der Waals surface area (Å²) >= 11 is 9.31. The van der Waals surface area contributed by atoms with E-state index in [0.29, 0.717) is 21.6 Å². The van der Waals surface area contributed by atoms with Gasteiger partial charge < -0.3 is 10.1 Å². The first-order valence-corrected chi connectivity index (χ1v) is 6.32. The third-order valence-electron chi connectivity index (χ3n) is 2.42. The van der Waals surface area contributed by atoms with Gasteiger partial charge in [-0.3, -0.25) is 4.79 Å². The summed E-state index contributed by atoms with van der Waals surface area (Å²) in [6.07, 6.45) is 0. The van der Waals surface area contributed by atoms with E-state index in [1.807, 2.05) is 13.8 Å². The minimum atomic E-state index is -0.395. The molecular weight excluding hydrogens is 305 g/mol. The number of nitrogens with one attached hydrogen (secondary N) is 1. The van der Waals surface area contributed by atoms with Crippen molar-refractivity contribution < 1.29 is 9.53 Å². The molecule has 5 heteroatoms. The van der Waals surface area contributed by atoms with Crippen LogP contribution in [0.2, 0.25) is 5.02 Å². The third kappa shape index (κ3) is 3.98. The Hall–Kier alpha value is -0.580. The molecule has 1 N–H and O–H groups in total. The number of methoxy groups -OCH3 is 1. The van der Waals surface area contributed by atoms with Crippen LogP contribution in [0.15, 0.2) is 22.7 Å². The topological polar surface area (TPSA) is 38.3 Å². The van der Waals surface area contributed by atoms with E-state index in [2.05, 4.69) is 21.2 Å². The van der Waals surface area contributed by atoms with Gasteiger partial charge in [-0.25, -0.2) is 0 Å². The summed E-state index contributed by atoms with van der Waals surface area (Å²) in [7, 11) is 1.61. The molecule has 0 aliphatic carbocycles. The zero-order valence-electron chi connectivity index (χ0n) is 10.0. The Balaban J connectivity index is 2.74. The van der Waals surface area contributed by atoms with Crippen molar-refractivity contribution in [2.75, 3.05) is 13.7 Å². The number of hydrogen-bond acceptors (Lipinski definition) is 2. The van der Waals surface area contributed by atoms with Gasteiger partial charge in [0.2, 0.25) is 0 Å². The molecule has 0 saturated carbocycles. The molecule has 0 heterocycles. The minimum Gasteiger partial charge on any atom is -0.377 e. The van der Waals surface area contributed by atoms with Gasteiger partial charge in [-0.05, 0) is 41.9 Å². The van der Waals surface area contributed by atoms with E-state index in [9.17, 15) is 4.79 Å². The SMILES string of the molecule is COC(C)(C)CNC(=O)c1cccc(Br)c1Cl. The lowest BCUT2D eigenvalue weighted by Crippen LogP contribution is -2.39. The summed E-state index contributed by atoms with van der Waals surface area (Å²) in [5.41, 5.74) is 0.0571. The molecule has 0 unspecified atom stereocenters. The van der Waals surface area contributed by atoms with Crippen LogP contribution in [0.1, 0.15) is 24.2 Å². The lowest BCUT2D eigenvalue weighted by Gasteiger charge is -2.23. The fourth-order valence-corrected chi connectivity index (χ4v) is 1.72. The zero-order valence-corrected chi connectivity index (χ0v) is 12.4. The molecule has 0 aliphatic rings. The number of benzene rings is 1. The van der Waals surface area contributed by atoms with Crippen LogP contribution in [0.3, 0.4) is 0 Å². The van der Waals surface area contributed by atoms with Crippen molar-refractivity contribution >= 4 is 33.4 Å². The Labute approximate surface area is 115 Å². The molecule has 0 radical (unpaired) electrons. The number of carbonyl (C=O) groups excluding carboxylic acids is 1. The lowest BCUT2D eigenvalue weighted by atomic mass is 10.1. The second kappa shape index (κ2) is 5.85. The molecule has 0 saturated heterocycles. The molecule has 1 amide bonds. The van der Waals surface area contributed by atoms with Gasteiger partial charge in [0.15, 0.2) is 0 Å². The molecule has 1 aromatic carbocycles. The highest BCUT2D eigenvalue weighted by Crippen LogP contribution is 2.25. The van der Waals surface area contributed by atoms with Gasteiger partial charge in [0.25, 0.3) is 5.91 Å². The molecule has 1 rings (SSSR count). The van der Waals surface area contributed by atoms with Crippen molar-refractivity contribution in [3.63, 3.8) is 0 Å². The van der Waals surface area contributed by atoms with Crippen LogP contribution in [0.25, 0.3) is 0 Å². The Morgan fingerprint density at radius 1 is 1.53 bits per heavy atom. The highest BCUT2D eigenvalue weighted by Gasteiger charge is 2.19. The fourth-order valence-electron chi connectivity index (χ4n) is 1.14. The molecule has 0 bridgehead atoms. The van der Waals surface area contributed by atoms with Gasteiger partial charge >= 0.3 is 0 Å². The van der Waals surface area contributed by atoms with Crippen LogP contribution >= 0.6 is 27.5 Å². The summed E-state index contributed by atoms with van der Waals surface area (Å²) in [5, 5.41) is 3.21. The Kier molecular flexibility index (Phi) is 4.98. The van der Waals surface area contributed by atoms with Crippen molar-refractivity contribution in [1.29, 1.82) is 0 Å². The molecule has 94 valence electrons. The van der Waals surface area contributed by atoms with Crippen LogP contribution in [-0.2, 0) is 4.74 Å². The van der Waals surface area contributed by atoms with Crippen molar-refractivity contribution in [1.82, 2.24) is 5.32 Å². The second-order valence-corrected chi connectivity index (χ2v) is 5.48. The number of halogens is 2. The molecule has 17 heavy (non-hydrogen) atoms. The van der Waals surface area contributed by atoms with Gasteiger partial charge in [0.05, 0.1) is 16.2 Å². The van der Waals surface area contributed by atoms with E-state index in [0.717, 1.165) is 0 Å². The molecule has 0 atom stereocenters. The van der Waals surface area contributed by atoms with Gasteiger partial charge in [-0.15, -0.1) is 0 Å². The van der Waals surface area contributed by atoms with Crippen molar-refractivity contribution in [2.24, 2.45) is 0 Å². The zero-order chi connectivity index (χ0) is 13.1. The second-order valence-electron chi connectivity index (χ2n) is 4.25. The van der Waals surface area contributed by atoms with E-state index in [1.165, 1.54) is 0 Å². The van der Waals surface area contributed by atoms with E-state index in [-0.39, 0.29) is 5.91 Å². The van der Waals surface area contributed by atoms with Crippen molar-refractivity contribution in [2.45, 2.75) is 19.4 Å². The quantitative estimate of drug-likeness (QED) is 0.925. The first kappa shape index (κ1) is 14.5. The first-order valence-electron chi connectivity index (χ1n) is 5.15. The smallest absolute Gasteiger partial charge is 0.252 e. The summed E-state index contributed by atoms with van der Waals surface area (Å²) in [5.74, 6) is -0.207. The largest absolute Gasteiger partial charge is 0.377 e. The van der Waals surface area contributed by atoms with Crippen LogP contribution in [0.4, 0.5) is 0 Å². The van der Waals surface area contributed by atoms with Gasteiger partial charge in [0.1, 0.15) is 0 Å². The van der Waals surface area contributed by atoms with E-state index < -0.39 is 5.60 Å². The summed E-state index contributed by atoms with van der Waals surface area (Å²) in [6, 6.07) is 5.24. The number of hydrogen-bond donors (Lipinski definition) is 1. The maximum atomic E-state index is 11.9. The number of carbonyl (C=O) groups is 1. The number of ether oxygens (including phenoxy) is 1.